The second-order valence-electron chi connectivity index (χ2n) is 2.03. The van der Waals surface area contributed by atoms with Gasteiger partial charge in [0.1, 0.15) is 0 Å². The highest BCUT2D eigenvalue weighted by atomic mass is 14.9. The highest BCUT2D eigenvalue weighted by molar-refractivity contribution is 4.69. The maximum atomic E-state index is 5.54. The van der Waals surface area contributed by atoms with E-state index in [0.717, 1.165) is 13.1 Å². The molecule has 0 aromatic heterocycles. The standard InChI is InChI=1S/C5H11N2/c6-5-2-1-3-7-4-5/h5H,1-4,6H2/t5-/m0/s1. The van der Waals surface area contributed by atoms with Gasteiger partial charge >= 0.3 is 0 Å². The fourth-order valence-corrected chi connectivity index (χ4v) is 0.814. The van der Waals surface area contributed by atoms with Gasteiger partial charge in [-0.25, -0.2) is 5.32 Å². The van der Waals surface area contributed by atoms with Crippen molar-refractivity contribution in [2.24, 2.45) is 5.73 Å². The predicted molar refractivity (Wildman–Crippen MR) is 29.1 cm³/mol. The van der Waals surface area contributed by atoms with Crippen LogP contribution in [0.4, 0.5) is 0 Å². The first-order chi connectivity index (χ1) is 3.39. The van der Waals surface area contributed by atoms with E-state index in [-0.39, 0.29) is 0 Å². The summed E-state index contributed by atoms with van der Waals surface area (Å²) >= 11 is 0. The third-order valence-electron chi connectivity index (χ3n) is 1.25. The van der Waals surface area contributed by atoms with Crippen molar-refractivity contribution in [3.63, 3.8) is 0 Å². The van der Waals surface area contributed by atoms with E-state index in [2.05, 4.69) is 5.32 Å². The van der Waals surface area contributed by atoms with Crippen LogP contribution in [0.2, 0.25) is 0 Å². The highest BCUT2D eigenvalue weighted by Crippen LogP contribution is 1.97. The van der Waals surface area contributed by atoms with Gasteiger partial charge in [-0.3, -0.25) is 0 Å². The third-order valence-corrected chi connectivity index (χ3v) is 1.25. The summed E-state index contributed by atoms with van der Waals surface area (Å²) in [6.45, 7) is 1.92. The fourth-order valence-electron chi connectivity index (χ4n) is 0.814. The molecule has 0 aromatic rings. The predicted octanol–water partition coefficient (Wildman–Crippen LogP) is -0.288. The first kappa shape index (κ1) is 5.06. The van der Waals surface area contributed by atoms with Crippen LogP contribution in [0.1, 0.15) is 12.8 Å². The molecule has 0 saturated carbocycles. The molecule has 1 aliphatic rings. The summed E-state index contributed by atoms with van der Waals surface area (Å²) in [5.74, 6) is 0. The quantitative estimate of drug-likeness (QED) is 0.445. The van der Waals surface area contributed by atoms with Crippen LogP contribution in [0.15, 0.2) is 0 Å². The molecular formula is C5H11N2. The van der Waals surface area contributed by atoms with Crippen LogP contribution in [-0.2, 0) is 0 Å². The van der Waals surface area contributed by atoms with Crippen LogP contribution in [0, 0.1) is 0 Å². The van der Waals surface area contributed by atoms with Crippen molar-refractivity contribution in [3.8, 4) is 0 Å². The van der Waals surface area contributed by atoms with E-state index in [0.29, 0.717) is 6.04 Å². The lowest BCUT2D eigenvalue weighted by Crippen LogP contribution is -2.35. The van der Waals surface area contributed by atoms with E-state index in [4.69, 9.17) is 5.73 Å². The van der Waals surface area contributed by atoms with Crippen LogP contribution < -0.4 is 11.1 Å². The van der Waals surface area contributed by atoms with Crippen LogP contribution in [0.3, 0.4) is 0 Å². The molecular weight excluding hydrogens is 88.1 g/mol. The van der Waals surface area contributed by atoms with Crippen molar-refractivity contribution in [1.29, 1.82) is 0 Å². The molecule has 0 bridgehead atoms. The van der Waals surface area contributed by atoms with Crippen molar-refractivity contribution in [3.05, 3.63) is 0 Å². The Labute approximate surface area is 44.1 Å². The number of nitrogens with two attached hydrogens (primary N) is 1. The average molecular weight is 99.2 g/mol. The van der Waals surface area contributed by atoms with E-state index in [9.17, 15) is 0 Å². The van der Waals surface area contributed by atoms with E-state index < -0.39 is 0 Å². The van der Waals surface area contributed by atoms with Gasteiger partial charge in [0.05, 0.1) is 0 Å². The molecule has 0 amide bonds. The molecule has 41 valence electrons. The third kappa shape index (κ3) is 1.45. The first-order valence-electron chi connectivity index (χ1n) is 2.78. The van der Waals surface area contributed by atoms with Gasteiger partial charge < -0.3 is 5.73 Å². The molecule has 7 heavy (non-hydrogen) atoms. The summed E-state index contributed by atoms with van der Waals surface area (Å²) in [7, 11) is 0. The zero-order valence-corrected chi connectivity index (χ0v) is 4.43. The molecule has 1 rings (SSSR count). The fraction of sp³-hybridized carbons (Fsp3) is 1.00. The number of hydrogen-bond donors (Lipinski definition) is 1. The Balaban J connectivity index is 2.12. The lowest BCUT2D eigenvalue weighted by Gasteiger charge is -2.15. The largest absolute Gasteiger partial charge is 0.326 e. The smallest absolute Gasteiger partial charge is 0.0285 e. The molecule has 1 fully saturated rings. The summed E-state index contributed by atoms with van der Waals surface area (Å²) in [6.07, 6.45) is 2.37. The maximum absolute atomic E-state index is 5.54. The molecule has 1 radical (unpaired) electrons. The molecule has 2 N–H and O–H groups in total. The normalized spacial score (nSPS) is 33.0. The van der Waals surface area contributed by atoms with Gasteiger partial charge in [0.15, 0.2) is 0 Å². The minimum Gasteiger partial charge on any atom is -0.326 e. The Hall–Kier alpha value is -0.0800. The minimum atomic E-state index is 0.369. The summed E-state index contributed by atoms with van der Waals surface area (Å²) < 4.78 is 0. The Morgan fingerprint density at radius 1 is 1.57 bits per heavy atom. The summed E-state index contributed by atoms with van der Waals surface area (Å²) in [6, 6.07) is 0.369. The van der Waals surface area contributed by atoms with Crippen molar-refractivity contribution in [1.82, 2.24) is 5.32 Å². The molecule has 1 aliphatic heterocycles. The van der Waals surface area contributed by atoms with E-state index in [1.807, 2.05) is 0 Å². The summed E-state index contributed by atoms with van der Waals surface area (Å²) in [4.78, 5) is 0. The molecule has 1 saturated heterocycles. The summed E-state index contributed by atoms with van der Waals surface area (Å²) in [5, 5.41) is 4.13. The van der Waals surface area contributed by atoms with Crippen LogP contribution in [0.5, 0.6) is 0 Å². The number of rotatable bonds is 0. The first-order valence-corrected chi connectivity index (χ1v) is 2.78. The van der Waals surface area contributed by atoms with Gasteiger partial charge in [-0.05, 0) is 12.8 Å². The maximum Gasteiger partial charge on any atom is 0.0285 e. The van der Waals surface area contributed by atoms with Crippen LogP contribution in [-0.4, -0.2) is 19.1 Å². The topological polar surface area (TPSA) is 40.1 Å². The highest BCUT2D eigenvalue weighted by Gasteiger charge is 2.06. The lowest BCUT2D eigenvalue weighted by atomic mass is 10.1. The average Bonchev–Trinajstić information content (AvgIpc) is 1.69. The van der Waals surface area contributed by atoms with Gasteiger partial charge in [-0.1, -0.05) is 0 Å². The lowest BCUT2D eigenvalue weighted by molar-refractivity contribution is 0.452. The number of nitrogens with zero attached hydrogens (tertiary/aromatic N) is 1. The molecule has 0 unspecified atom stereocenters. The zero-order chi connectivity index (χ0) is 5.11. The Morgan fingerprint density at radius 3 is 2.71 bits per heavy atom. The van der Waals surface area contributed by atoms with E-state index in [1.54, 1.807) is 0 Å². The van der Waals surface area contributed by atoms with Crippen molar-refractivity contribution >= 4 is 0 Å². The van der Waals surface area contributed by atoms with Crippen molar-refractivity contribution in [2.45, 2.75) is 18.9 Å². The number of hydrogen-bond acceptors (Lipinski definition) is 1. The Morgan fingerprint density at radius 2 is 2.43 bits per heavy atom. The number of piperidine rings is 1. The van der Waals surface area contributed by atoms with E-state index >= 15 is 0 Å². The Bertz CT molecular complexity index is 48.0. The molecule has 1 atom stereocenters. The van der Waals surface area contributed by atoms with Gasteiger partial charge in [0.25, 0.3) is 0 Å². The SMILES string of the molecule is N[C@H]1CCC[N]C1. The van der Waals surface area contributed by atoms with Crippen LogP contribution >= 0.6 is 0 Å². The second kappa shape index (κ2) is 2.28. The van der Waals surface area contributed by atoms with Gasteiger partial charge in [0.2, 0.25) is 0 Å². The van der Waals surface area contributed by atoms with Gasteiger partial charge in [0, 0.05) is 19.1 Å². The van der Waals surface area contributed by atoms with Crippen LogP contribution in [0.25, 0.3) is 0 Å². The van der Waals surface area contributed by atoms with Gasteiger partial charge in [-0.2, -0.15) is 0 Å². The van der Waals surface area contributed by atoms with E-state index in [1.165, 1.54) is 12.8 Å². The second-order valence-corrected chi connectivity index (χ2v) is 2.03. The molecule has 0 aromatic carbocycles. The molecule has 2 nitrogen and oxygen atoms in total. The monoisotopic (exact) mass is 99.1 g/mol. The molecule has 2 heteroatoms. The van der Waals surface area contributed by atoms with Crippen molar-refractivity contribution < 1.29 is 0 Å². The minimum absolute atomic E-state index is 0.369. The molecule has 0 aliphatic carbocycles. The molecule has 1 heterocycles. The van der Waals surface area contributed by atoms with Crippen molar-refractivity contribution in [2.75, 3.05) is 13.1 Å². The van der Waals surface area contributed by atoms with Gasteiger partial charge in [-0.15, -0.1) is 0 Å². The Kier molecular flexibility index (Phi) is 1.65. The zero-order valence-electron chi connectivity index (χ0n) is 4.43. The summed E-state index contributed by atoms with van der Waals surface area (Å²) in [5.41, 5.74) is 5.54. The molecule has 0 spiro atoms.